The van der Waals surface area contributed by atoms with Crippen molar-refractivity contribution in [3.05, 3.63) is 53.7 Å². The van der Waals surface area contributed by atoms with Crippen molar-refractivity contribution in [1.29, 1.82) is 0 Å². The van der Waals surface area contributed by atoms with Crippen molar-refractivity contribution in [2.24, 2.45) is 11.3 Å². The molecule has 0 aliphatic carbocycles. The van der Waals surface area contributed by atoms with Gasteiger partial charge in [0.15, 0.2) is 11.5 Å². The molecule has 2 amide bonds. The zero-order valence-electron chi connectivity index (χ0n) is 23.9. The molecule has 10 heteroatoms. The molecule has 0 unspecified atom stereocenters. The predicted molar refractivity (Wildman–Crippen MR) is 151 cm³/mol. The van der Waals surface area contributed by atoms with Gasteiger partial charge in [-0.25, -0.2) is 5.48 Å². The molecule has 0 spiro atoms. The van der Waals surface area contributed by atoms with Gasteiger partial charge in [0.05, 0.1) is 33.1 Å². The van der Waals surface area contributed by atoms with Gasteiger partial charge < -0.3 is 24.5 Å². The van der Waals surface area contributed by atoms with E-state index in [1.807, 2.05) is 57.2 Å². The molecule has 1 heterocycles. The van der Waals surface area contributed by atoms with E-state index in [1.165, 1.54) is 21.3 Å². The maximum absolute atomic E-state index is 13.6. The van der Waals surface area contributed by atoms with Crippen molar-refractivity contribution in [2.75, 3.05) is 21.3 Å². The largest absolute Gasteiger partial charge is 0.493 e. The van der Waals surface area contributed by atoms with Gasteiger partial charge in [-0.2, -0.15) is 0 Å². The molecule has 10 nitrogen and oxygen atoms in total. The second kappa shape index (κ2) is 13.3. The SMILES string of the molecule is COc1cc(CCC[C@H](CC(=O)NO)C(=O)N[C@H](C(=O)c2cc3ccccc3[nH]2)C(C)(C)C)cc(OC)c1OC. The van der Waals surface area contributed by atoms with Gasteiger partial charge in [-0.3, -0.25) is 19.6 Å². The van der Waals surface area contributed by atoms with Crippen LogP contribution in [0, 0.1) is 11.3 Å². The van der Waals surface area contributed by atoms with E-state index < -0.39 is 29.2 Å². The highest BCUT2D eigenvalue weighted by Gasteiger charge is 2.36. The standard InChI is InChI=1S/C30H39N3O7/c1-30(2,3)28(26(35)22-16-19-11-7-8-13-21(19)31-22)32-29(36)20(17-25(34)33-37)12-9-10-18-14-23(38-4)27(40-6)24(15-18)39-5/h7-8,11,13-16,20,28,31,37H,9-10,12,17H2,1-6H3,(H,32,36)(H,33,34)/t20-,28-/m1/s1. The molecule has 0 aliphatic heterocycles. The number of amides is 2. The number of hydroxylamine groups is 1. The van der Waals surface area contributed by atoms with Gasteiger partial charge >= 0.3 is 0 Å². The molecule has 2 atom stereocenters. The number of carbonyl (C=O) groups is 3. The summed E-state index contributed by atoms with van der Waals surface area (Å²) < 4.78 is 16.2. The van der Waals surface area contributed by atoms with E-state index in [-0.39, 0.29) is 12.2 Å². The molecule has 216 valence electrons. The minimum atomic E-state index is -0.845. The summed E-state index contributed by atoms with van der Waals surface area (Å²) in [5.41, 5.74) is 3.13. The highest BCUT2D eigenvalue weighted by molar-refractivity contribution is 6.04. The van der Waals surface area contributed by atoms with Crippen LogP contribution < -0.4 is 25.0 Å². The molecular weight excluding hydrogens is 514 g/mol. The van der Waals surface area contributed by atoms with Gasteiger partial charge in [-0.1, -0.05) is 39.0 Å². The summed E-state index contributed by atoms with van der Waals surface area (Å²) in [7, 11) is 4.61. The number of fused-ring (bicyclic) bond motifs is 1. The van der Waals surface area contributed by atoms with Gasteiger partial charge in [0.1, 0.15) is 0 Å². The van der Waals surface area contributed by atoms with E-state index in [4.69, 9.17) is 19.4 Å². The summed E-state index contributed by atoms with van der Waals surface area (Å²) >= 11 is 0. The number of benzene rings is 2. The number of ketones is 1. The van der Waals surface area contributed by atoms with Crippen molar-refractivity contribution in [3.8, 4) is 17.2 Å². The van der Waals surface area contributed by atoms with Crippen LogP contribution in [0.5, 0.6) is 17.2 Å². The van der Waals surface area contributed by atoms with Crippen LogP contribution in [-0.4, -0.2) is 55.2 Å². The molecule has 1 aromatic heterocycles. The average Bonchev–Trinajstić information content (AvgIpc) is 3.38. The molecule has 4 N–H and O–H groups in total. The second-order valence-electron chi connectivity index (χ2n) is 10.8. The topological polar surface area (TPSA) is 139 Å². The first-order chi connectivity index (χ1) is 19.0. The number of carbonyl (C=O) groups excluding carboxylic acids is 3. The molecule has 0 bridgehead atoms. The number of methoxy groups -OCH3 is 3. The molecule has 3 aromatic rings. The number of H-pyrrole nitrogens is 1. The summed E-state index contributed by atoms with van der Waals surface area (Å²) in [5, 5.41) is 12.9. The number of ether oxygens (including phenoxy) is 3. The van der Waals surface area contributed by atoms with E-state index in [2.05, 4.69) is 10.3 Å². The Labute approximate surface area is 234 Å². The van der Waals surface area contributed by atoms with Crippen LogP contribution in [0.3, 0.4) is 0 Å². The molecule has 0 saturated carbocycles. The molecule has 2 aromatic carbocycles. The second-order valence-corrected chi connectivity index (χ2v) is 10.8. The molecule has 3 rings (SSSR count). The van der Waals surface area contributed by atoms with Crippen LogP contribution in [0.15, 0.2) is 42.5 Å². The van der Waals surface area contributed by atoms with E-state index in [1.54, 1.807) is 11.5 Å². The molecule has 40 heavy (non-hydrogen) atoms. The van der Waals surface area contributed by atoms with Crippen LogP contribution >= 0.6 is 0 Å². The van der Waals surface area contributed by atoms with Crippen molar-refractivity contribution in [2.45, 2.75) is 52.5 Å². The molecule has 0 radical (unpaired) electrons. The molecular formula is C30H39N3O7. The predicted octanol–water partition coefficient (Wildman–Crippen LogP) is 4.44. The highest BCUT2D eigenvalue weighted by atomic mass is 16.5. The Balaban J connectivity index is 1.77. The smallest absolute Gasteiger partial charge is 0.244 e. The van der Waals surface area contributed by atoms with Crippen LogP contribution in [0.25, 0.3) is 10.9 Å². The maximum Gasteiger partial charge on any atom is 0.244 e. The van der Waals surface area contributed by atoms with Gasteiger partial charge in [-0.15, -0.1) is 0 Å². The third kappa shape index (κ3) is 7.32. The van der Waals surface area contributed by atoms with Crippen molar-refractivity contribution in [3.63, 3.8) is 0 Å². The summed E-state index contributed by atoms with van der Waals surface area (Å²) in [4.78, 5) is 42.3. The first-order valence-electron chi connectivity index (χ1n) is 13.2. The molecule has 0 aliphatic rings. The lowest BCUT2D eigenvalue weighted by Gasteiger charge is -2.31. The number of nitrogens with one attached hydrogen (secondary N) is 3. The van der Waals surface area contributed by atoms with Crippen molar-refractivity contribution in [1.82, 2.24) is 15.8 Å². The Morgan fingerprint density at radius 2 is 1.62 bits per heavy atom. The molecule has 0 fully saturated rings. The zero-order valence-corrected chi connectivity index (χ0v) is 23.9. The minimum absolute atomic E-state index is 0.227. The highest BCUT2D eigenvalue weighted by Crippen LogP contribution is 2.38. The summed E-state index contributed by atoms with van der Waals surface area (Å²) in [6.45, 7) is 5.62. The third-order valence-corrected chi connectivity index (χ3v) is 6.88. The zero-order chi connectivity index (χ0) is 29.4. The van der Waals surface area contributed by atoms with E-state index in [0.717, 1.165) is 16.5 Å². The Bertz CT molecular complexity index is 1280. The van der Waals surface area contributed by atoms with Gasteiger partial charge in [-0.05, 0) is 54.5 Å². The molecule has 0 saturated heterocycles. The number of rotatable bonds is 13. The minimum Gasteiger partial charge on any atom is -0.493 e. The van der Waals surface area contributed by atoms with Crippen LogP contribution in [0.1, 0.15) is 56.1 Å². The van der Waals surface area contributed by atoms with E-state index in [0.29, 0.717) is 42.2 Å². The van der Waals surface area contributed by atoms with Gasteiger partial charge in [0.2, 0.25) is 23.3 Å². The maximum atomic E-state index is 13.6. The Morgan fingerprint density at radius 3 is 2.17 bits per heavy atom. The van der Waals surface area contributed by atoms with E-state index in [9.17, 15) is 14.4 Å². The van der Waals surface area contributed by atoms with Crippen molar-refractivity contribution >= 4 is 28.5 Å². The van der Waals surface area contributed by atoms with Gasteiger partial charge in [0.25, 0.3) is 0 Å². The van der Waals surface area contributed by atoms with Crippen LogP contribution in [0.4, 0.5) is 0 Å². The third-order valence-electron chi connectivity index (χ3n) is 6.88. The Morgan fingerprint density at radius 1 is 0.975 bits per heavy atom. The normalized spacial score (nSPS) is 12.9. The first-order valence-corrected chi connectivity index (χ1v) is 13.2. The lowest BCUT2D eigenvalue weighted by atomic mass is 9.82. The fourth-order valence-electron chi connectivity index (χ4n) is 4.72. The Hall–Kier alpha value is -4.05. The van der Waals surface area contributed by atoms with Gasteiger partial charge in [0, 0.05) is 23.2 Å². The average molecular weight is 554 g/mol. The monoisotopic (exact) mass is 553 g/mol. The van der Waals surface area contributed by atoms with Crippen LogP contribution in [-0.2, 0) is 16.0 Å². The number of Topliss-reactive ketones (excluding diaryl/α,β-unsaturated/α-hetero) is 1. The first kappa shape index (κ1) is 30.5. The number of aromatic nitrogens is 1. The Kier molecular flexibility index (Phi) is 10.2. The van der Waals surface area contributed by atoms with Crippen molar-refractivity contribution < 1.29 is 33.8 Å². The summed E-state index contributed by atoms with van der Waals surface area (Å²) in [6.07, 6.45) is 1.23. The van der Waals surface area contributed by atoms with Crippen LogP contribution in [0.2, 0.25) is 0 Å². The summed E-state index contributed by atoms with van der Waals surface area (Å²) in [5.74, 6) is -0.600. The number of aryl methyl sites for hydroxylation is 1. The number of hydrogen-bond donors (Lipinski definition) is 4. The lowest BCUT2D eigenvalue weighted by molar-refractivity contribution is -0.135. The quantitative estimate of drug-likeness (QED) is 0.139. The number of para-hydroxylation sites is 1. The number of hydrogen-bond acceptors (Lipinski definition) is 7. The van der Waals surface area contributed by atoms with E-state index >= 15 is 0 Å². The fourth-order valence-corrected chi connectivity index (χ4v) is 4.72. The lowest BCUT2D eigenvalue weighted by Crippen LogP contribution is -2.51. The summed E-state index contributed by atoms with van der Waals surface area (Å²) in [6, 6.07) is 12.2. The number of aromatic amines is 1. The fraction of sp³-hybridized carbons (Fsp3) is 0.433.